The highest BCUT2D eigenvalue weighted by atomic mass is 19.4. The maximum atomic E-state index is 13.5. The van der Waals surface area contributed by atoms with Gasteiger partial charge < -0.3 is 15.5 Å². The van der Waals surface area contributed by atoms with Gasteiger partial charge in [0.2, 0.25) is 11.9 Å². The van der Waals surface area contributed by atoms with Gasteiger partial charge in [-0.2, -0.15) is 18.2 Å². The first-order valence-corrected chi connectivity index (χ1v) is 8.92. The SMILES string of the molecule is Nc1ncc(-c2cc(N3CCC3)nc(N3CCC(=O)CC3)n2)c(C(F)(F)F)n1. The molecule has 11 heteroatoms. The molecule has 2 aromatic heterocycles. The van der Waals surface area contributed by atoms with Crippen LogP contribution in [-0.2, 0) is 11.0 Å². The second kappa shape index (κ2) is 6.88. The zero-order chi connectivity index (χ0) is 19.9. The van der Waals surface area contributed by atoms with Crippen molar-refractivity contribution in [3.63, 3.8) is 0 Å². The number of carbonyl (C=O) groups is 1. The van der Waals surface area contributed by atoms with Crippen LogP contribution in [0.15, 0.2) is 12.3 Å². The third-order valence-corrected chi connectivity index (χ3v) is 4.84. The molecule has 0 saturated carbocycles. The van der Waals surface area contributed by atoms with Crippen molar-refractivity contribution < 1.29 is 18.0 Å². The molecule has 0 spiro atoms. The molecule has 8 nitrogen and oxygen atoms in total. The van der Waals surface area contributed by atoms with E-state index in [0.29, 0.717) is 37.7 Å². The lowest BCUT2D eigenvalue weighted by atomic mass is 10.1. The number of piperidine rings is 1. The Morgan fingerprint density at radius 3 is 2.32 bits per heavy atom. The summed E-state index contributed by atoms with van der Waals surface area (Å²) in [5.74, 6) is 0.550. The molecule has 0 atom stereocenters. The van der Waals surface area contributed by atoms with Crippen molar-refractivity contribution in [1.29, 1.82) is 0 Å². The number of hydrogen-bond donors (Lipinski definition) is 1. The molecule has 2 aromatic rings. The van der Waals surface area contributed by atoms with Gasteiger partial charge in [0.05, 0.1) is 5.69 Å². The second-order valence-corrected chi connectivity index (χ2v) is 6.77. The van der Waals surface area contributed by atoms with Crippen molar-refractivity contribution in [1.82, 2.24) is 19.9 Å². The van der Waals surface area contributed by atoms with E-state index in [2.05, 4.69) is 19.9 Å². The van der Waals surface area contributed by atoms with Crippen molar-refractivity contribution in [3.05, 3.63) is 18.0 Å². The first kappa shape index (κ1) is 18.4. The molecule has 2 fully saturated rings. The number of hydrogen-bond acceptors (Lipinski definition) is 8. The Kier molecular flexibility index (Phi) is 4.52. The molecule has 4 heterocycles. The van der Waals surface area contributed by atoms with E-state index in [-0.39, 0.29) is 17.0 Å². The normalized spacial score (nSPS) is 17.6. The fraction of sp³-hybridized carbons (Fsp3) is 0.471. The van der Waals surface area contributed by atoms with Crippen LogP contribution < -0.4 is 15.5 Å². The molecule has 0 radical (unpaired) electrons. The number of nitrogens with zero attached hydrogens (tertiary/aromatic N) is 6. The van der Waals surface area contributed by atoms with Crippen LogP contribution in [0.25, 0.3) is 11.3 Å². The molecule has 0 aliphatic carbocycles. The van der Waals surface area contributed by atoms with Crippen LogP contribution in [0, 0.1) is 0 Å². The summed E-state index contributed by atoms with van der Waals surface area (Å²) in [4.78, 5) is 31.3. The lowest BCUT2D eigenvalue weighted by Crippen LogP contribution is -2.39. The molecule has 0 aromatic carbocycles. The number of halogens is 3. The van der Waals surface area contributed by atoms with Crippen molar-refractivity contribution in [3.8, 4) is 11.3 Å². The number of carbonyl (C=O) groups excluding carboxylic acids is 1. The first-order chi connectivity index (χ1) is 13.3. The number of aromatic nitrogens is 4. The smallest absolute Gasteiger partial charge is 0.368 e. The highest BCUT2D eigenvalue weighted by molar-refractivity contribution is 5.80. The summed E-state index contributed by atoms with van der Waals surface area (Å²) in [5, 5.41) is 0. The number of rotatable bonds is 3. The van der Waals surface area contributed by atoms with Crippen LogP contribution >= 0.6 is 0 Å². The third-order valence-electron chi connectivity index (χ3n) is 4.84. The Morgan fingerprint density at radius 2 is 1.71 bits per heavy atom. The number of nitrogen functional groups attached to an aromatic ring is 1. The van der Waals surface area contributed by atoms with Crippen molar-refractivity contribution in [2.45, 2.75) is 25.4 Å². The van der Waals surface area contributed by atoms with Crippen LogP contribution in [0.5, 0.6) is 0 Å². The standard InChI is InChI=1S/C17H18F3N7O/c18-17(19,20)14-11(9-22-15(21)25-14)12-8-13(26-4-1-5-26)24-16(23-12)27-6-2-10(28)3-7-27/h8-9H,1-7H2,(H2,21,22,25). The van der Waals surface area contributed by atoms with Gasteiger partial charge in [0.1, 0.15) is 11.6 Å². The van der Waals surface area contributed by atoms with Gasteiger partial charge in [0.15, 0.2) is 5.69 Å². The molecule has 0 amide bonds. The number of alkyl halides is 3. The number of Topliss-reactive ketones (excluding diaryl/α,β-unsaturated/α-hetero) is 1. The van der Waals surface area contributed by atoms with Gasteiger partial charge in [-0.3, -0.25) is 4.79 Å². The second-order valence-electron chi connectivity index (χ2n) is 6.77. The van der Waals surface area contributed by atoms with Crippen LogP contribution in [-0.4, -0.2) is 51.9 Å². The highest BCUT2D eigenvalue weighted by Gasteiger charge is 2.37. The van der Waals surface area contributed by atoms with Gasteiger partial charge in [-0.15, -0.1) is 0 Å². The van der Waals surface area contributed by atoms with E-state index >= 15 is 0 Å². The Balaban J connectivity index is 1.81. The monoisotopic (exact) mass is 393 g/mol. The first-order valence-electron chi connectivity index (χ1n) is 8.92. The van der Waals surface area contributed by atoms with Crippen LogP contribution in [0.4, 0.5) is 30.9 Å². The van der Waals surface area contributed by atoms with E-state index in [9.17, 15) is 18.0 Å². The van der Waals surface area contributed by atoms with Gasteiger partial charge in [0.25, 0.3) is 0 Å². The van der Waals surface area contributed by atoms with E-state index in [1.807, 2.05) is 9.80 Å². The van der Waals surface area contributed by atoms with Crippen LogP contribution in [0.2, 0.25) is 0 Å². The van der Waals surface area contributed by atoms with Crippen molar-refractivity contribution in [2.75, 3.05) is 41.7 Å². The summed E-state index contributed by atoms with van der Waals surface area (Å²) >= 11 is 0. The molecule has 2 saturated heterocycles. The lowest BCUT2D eigenvalue weighted by molar-refractivity contribution is -0.140. The van der Waals surface area contributed by atoms with E-state index in [1.165, 1.54) is 6.07 Å². The number of anilines is 3. The molecular weight excluding hydrogens is 375 g/mol. The Labute approximate surface area is 158 Å². The average molecular weight is 393 g/mol. The molecule has 2 N–H and O–H groups in total. The Morgan fingerprint density at radius 1 is 1.00 bits per heavy atom. The summed E-state index contributed by atoms with van der Waals surface area (Å²) in [7, 11) is 0. The molecular formula is C17H18F3N7O. The summed E-state index contributed by atoms with van der Waals surface area (Å²) in [6.07, 6.45) is -1.94. The molecule has 2 aliphatic heterocycles. The van der Waals surface area contributed by atoms with Crippen LogP contribution in [0.1, 0.15) is 25.0 Å². The zero-order valence-electron chi connectivity index (χ0n) is 14.9. The topological polar surface area (TPSA) is 101 Å². The Bertz CT molecular complexity index is 904. The minimum Gasteiger partial charge on any atom is -0.368 e. The molecule has 28 heavy (non-hydrogen) atoms. The fourth-order valence-corrected chi connectivity index (χ4v) is 3.16. The maximum Gasteiger partial charge on any atom is 0.434 e. The summed E-state index contributed by atoms with van der Waals surface area (Å²) < 4.78 is 40.5. The molecule has 2 aliphatic rings. The number of ketones is 1. The molecule has 4 rings (SSSR count). The summed E-state index contributed by atoms with van der Waals surface area (Å²) in [6, 6.07) is 1.52. The lowest BCUT2D eigenvalue weighted by Gasteiger charge is -2.33. The van der Waals surface area contributed by atoms with E-state index in [4.69, 9.17) is 5.73 Å². The predicted molar refractivity (Wildman–Crippen MR) is 95.8 cm³/mol. The predicted octanol–water partition coefficient (Wildman–Crippen LogP) is 1.91. The minimum atomic E-state index is -4.70. The minimum absolute atomic E-state index is 0.0797. The summed E-state index contributed by atoms with van der Waals surface area (Å²) in [5.41, 5.74) is 4.07. The third kappa shape index (κ3) is 3.56. The zero-order valence-corrected chi connectivity index (χ0v) is 14.9. The van der Waals surface area contributed by atoms with Gasteiger partial charge in [0, 0.05) is 56.8 Å². The highest BCUT2D eigenvalue weighted by Crippen LogP contribution is 2.36. The van der Waals surface area contributed by atoms with Gasteiger partial charge in [-0.25, -0.2) is 15.0 Å². The van der Waals surface area contributed by atoms with Crippen molar-refractivity contribution in [2.24, 2.45) is 0 Å². The molecule has 0 bridgehead atoms. The van der Waals surface area contributed by atoms with E-state index < -0.39 is 17.8 Å². The van der Waals surface area contributed by atoms with Gasteiger partial charge in [-0.1, -0.05) is 0 Å². The van der Waals surface area contributed by atoms with Crippen LogP contribution in [0.3, 0.4) is 0 Å². The largest absolute Gasteiger partial charge is 0.434 e. The molecule has 0 unspecified atom stereocenters. The van der Waals surface area contributed by atoms with Gasteiger partial charge in [-0.05, 0) is 6.42 Å². The Hall–Kier alpha value is -2.98. The molecule has 148 valence electrons. The average Bonchev–Trinajstić information content (AvgIpc) is 2.60. The number of nitrogens with two attached hydrogens (primary N) is 1. The van der Waals surface area contributed by atoms with Crippen molar-refractivity contribution >= 4 is 23.5 Å². The maximum absolute atomic E-state index is 13.5. The summed E-state index contributed by atoms with van der Waals surface area (Å²) in [6.45, 7) is 2.43. The van der Waals surface area contributed by atoms with E-state index in [0.717, 1.165) is 25.7 Å². The fourth-order valence-electron chi connectivity index (χ4n) is 3.16. The van der Waals surface area contributed by atoms with E-state index in [1.54, 1.807) is 0 Å². The quantitative estimate of drug-likeness (QED) is 0.844. The van der Waals surface area contributed by atoms with Gasteiger partial charge >= 0.3 is 6.18 Å².